The van der Waals surface area contributed by atoms with Gasteiger partial charge in [0.25, 0.3) is 0 Å². The minimum atomic E-state index is 0.715. The Kier molecular flexibility index (Phi) is 4.57. The van der Waals surface area contributed by atoms with Crippen LogP contribution in [0.15, 0.2) is 4.99 Å². The lowest BCUT2D eigenvalue weighted by Crippen LogP contribution is -1.70. The van der Waals surface area contributed by atoms with Gasteiger partial charge >= 0.3 is 0 Å². The van der Waals surface area contributed by atoms with Gasteiger partial charge in [-0.1, -0.05) is 0 Å². The van der Waals surface area contributed by atoms with E-state index >= 15 is 0 Å². The molecule has 0 N–H and O–H groups in total. The predicted octanol–water partition coefficient (Wildman–Crippen LogP) is 1.21. The lowest BCUT2D eigenvalue weighted by Gasteiger charge is -1.75. The Morgan fingerprint density at radius 1 is 2.00 bits per heavy atom. The average molecular weight is 108 g/mol. The van der Waals surface area contributed by atoms with Crippen molar-refractivity contribution in [3.63, 3.8) is 0 Å². The second kappa shape index (κ2) is 4.76. The van der Waals surface area contributed by atoms with Crippen LogP contribution in [0.3, 0.4) is 0 Å². The SMILES string of the molecule is CC/N=C/OCl. The van der Waals surface area contributed by atoms with Gasteiger partial charge in [0.1, 0.15) is 11.9 Å². The van der Waals surface area contributed by atoms with E-state index in [9.17, 15) is 0 Å². The molecule has 2 nitrogen and oxygen atoms in total. The van der Waals surface area contributed by atoms with Crippen molar-refractivity contribution in [2.45, 2.75) is 6.92 Å². The van der Waals surface area contributed by atoms with E-state index in [1.807, 2.05) is 6.92 Å². The van der Waals surface area contributed by atoms with Crippen LogP contribution in [0.1, 0.15) is 6.92 Å². The molecule has 0 aliphatic carbocycles. The van der Waals surface area contributed by atoms with Crippen LogP contribution >= 0.6 is 11.9 Å². The van der Waals surface area contributed by atoms with Gasteiger partial charge in [0.15, 0.2) is 6.40 Å². The fourth-order valence-corrected chi connectivity index (χ4v) is 0.159. The molecule has 0 atom stereocenters. The Morgan fingerprint density at radius 2 is 2.67 bits per heavy atom. The summed E-state index contributed by atoms with van der Waals surface area (Å²) < 4.78 is 3.96. The zero-order valence-corrected chi connectivity index (χ0v) is 4.27. The molecule has 0 fully saturated rings. The van der Waals surface area contributed by atoms with Gasteiger partial charge in [-0.3, -0.25) is 4.99 Å². The average Bonchev–Trinajstić information content (AvgIpc) is 1.61. The summed E-state index contributed by atoms with van der Waals surface area (Å²) in [7, 11) is 0. The van der Waals surface area contributed by atoms with E-state index in [4.69, 9.17) is 11.9 Å². The molecule has 0 aliphatic rings. The molecular weight excluding hydrogens is 101 g/mol. The molecule has 0 radical (unpaired) electrons. The van der Waals surface area contributed by atoms with Crippen molar-refractivity contribution in [1.29, 1.82) is 0 Å². The summed E-state index contributed by atoms with van der Waals surface area (Å²) >= 11 is 4.73. The maximum absolute atomic E-state index is 4.73. The van der Waals surface area contributed by atoms with Crippen LogP contribution in [0.2, 0.25) is 0 Å². The lowest BCUT2D eigenvalue weighted by atomic mass is 10.8. The highest BCUT2D eigenvalue weighted by atomic mass is 35.5. The molecule has 0 aromatic heterocycles. The molecule has 0 saturated carbocycles. The standard InChI is InChI=1S/C3H6ClNO/c1-2-5-3-6-4/h3H,2H2,1H3/b5-3+. The zero-order valence-electron chi connectivity index (χ0n) is 3.52. The van der Waals surface area contributed by atoms with Gasteiger partial charge in [0.05, 0.1) is 0 Å². The van der Waals surface area contributed by atoms with Crippen LogP contribution in [0.25, 0.3) is 0 Å². The van der Waals surface area contributed by atoms with E-state index in [0.29, 0.717) is 6.54 Å². The first kappa shape index (κ1) is 5.76. The largest absolute Gasteiger partial charge is 0.373 e. The molecule has 0 saturated heterocycles. The van der Waals surface area contributed by atoms with Crippen molar-refractivity contribution in [1.82, 2.24) is 0 Å². The number of hydrogen-bond donors (Lipinski definition) is 0. The van der Waals surface area contributed by atoms with Gasteiger partial charge in [0.2, 0.25) is 0 Å². The third kappa shape index (κ3) is 3.76. The fraction of sp³-hybridized carbons (Fsp3) is 0.667. The van der Waals surface area contributed by atoms with Crippen LogP contribution in [-0.4, -0.2) is 12.9 Å². The first-order chi connectivity index (χ1) is 2.91. The van der Waals surface area contributed by atoms with E-state index in [1.54, 1.807) is 0 Å². The van der Waals surface area contributed by atoms with Crippen molar-refractivity contribution in [2.75, 3.05) is 6.54 Å². The highest BCUT2D eigenvalue weighted by molar-refractivity contribution is 6.11. The van der Waals surface area contributed by atoms with Crippen molar-refractivity contribution < 1.29 is 4.29 Å². The number of rotatable bonds is 2. The third-order valence-corrected chi connectivity index (χ3v) is 0.377. The van der Waals surface area contributed by atoms with Gasteiger partial charge < -0.3 is 4.29 Å². The van der Waals surface area contributed by atoms with E-state index in [1.165, 1.54) is 6.40 Å². The quantitative estimate of drug-likeness (QED) is 0.384. The third-order valence-electron chi connectivity index (χ3n) is 0.297. The van der Waals surface area contributed by atoms with E-state index in [0.717, 1.165) is 0 Å². The van der Waals surface area contributed by atoms with Crippen molar-refractivity contribution in [2.24, 2.45) is 4.99 Å². The molecule has 3 heteroatoms. The Morgan fingerprint density at radius 3 is 2.83 bits per heavy atom. The molecule has 0 aliphatic heterocycles. The van der Waals surface area contributed by atoms with E-state index in [2.05, 4.69) is 9.28 Å². The Balaban J connectivity index is 2.73. The van der Waals surface area contributed by atoms with Crippen molar-refractivity contribution in [3.8, 4) is 0 Å². The highest BCUT2D eigenvalue weighted by Crippen LogP contribution is 1.70. The summed E-state index contributed by atoms with van der Waals surface area (Å²) in [5.41, 5.74) is 0. The number of nitrogens with zero attached hydrogens (tertiary/aromatic N) is 1. The molecule has 0 unspecified atom stereocenters. The topological polar surface area (TPSA) is 21.6 Å². The summed E-state index contributed by atoms with van der Waals surface area (Å²) in [5.74, 6) is 0. The minimum absolute atomic E-state index is 0.715. The lowest BCUT2D eigenvalue weighted by molar-refractivity contribution is 0.639. The zero-order chi connectivity index (χ0) is 4.83. The Bertz CT molecular complexity index is 40.1. The van der Waals surface area contributed by atoms with Gasteiger partial charge in [-0.2, -0.15) is 0 Å². The molecule has 0 aromatic rings. The number of halogens is 1. The summed E-state index contributed by atoms with van der Waals surface area (Å²) in [4.78, 5) is 3.61. The van der Waals surface area contributed by atoms with E-state index < -0.39 is 0 Å². The molecule has 0 heterocycles. The fourth-order valence-electron chi connectivity index (χ4n) is 0.103. The Hall–Kier alpha value is -0.240. The molecular formula is C3H6ClNO. The second-order valence-electron chi connectivity index (χ2n) is 0.693. The molecule has 0 spiro atoms. The highest BCUT2D eigenvalue weighted by Gasteiger charge is 1.60. The molecule has 36 valence electrons. The smallest absolute Gasteiger partial charge is 0.195 e. The first-order valence-electron chi connectivity index (χ1n) is 1.67. The van der Waals surface area contributed by atoms with Crippen LogP contribution in [0.4, 0.5) is 0 Å². The van der Waals surface area contributed by atoms with Gasteiger partial charge in [-0.15, -0.1) is 0 Å². The maximum Gasteiger partial charge on any atom is 0.195 e. The van der Waals surface area contributed by atoms with Gasteiger partial charge in [0, 0.05) is 6.54 Å². The van der Waals surface area contributed by atoms with Crippen LogP contribution in [0, 0.1) is 0 Å². The van der Waals surface area contributed by atoms with Crippen LogP contribution in [0.5, 0.6) is 0 Å². The summed E-state index contributed by atoms with van der Waals surface area (Å²) in [6.45, 7) is 2.61. The normalized spacial score (nSPS) is 9.67. The molecule has 0 bridgehead atoms. The van der Waals surface area contributed by atoms with Crippen molar-refractivity contribution >= 4 is 18.3 Å². The summed E-state index contributed by atoms with van der Waals surface area (Å²) in [6.07, 6.45) is 1.20. The Labute approximate surface area is 42.0 Å². The minimum Gasteiger partial charge on any atom is -0.373 e. The van der Waals surface area contributed by atoms with Gasteiger partial charge in [-0.05, 0) is 6.92 Å². The maximum atomic E-state index is 4.73. The van der Waals surface area contributed by atoms with Crippen LogP contribution in [-0.2, 0) is 4.29 Å². The van der Waals surface area contributed by atoms with E-state index in [-0.39, 0.29) is 0 Å². The number of aliphatic imine (C=N–C) groups is 1. The first-order valence-corrected chi connectivity index (χ1v) is 1.98. The van der Waals surface area contributed by atoms with Crippen molar-refractivity contribution in [3.05, 3.63) is 0 Å². The van der Waals surface area contributed by atoms with Gasteiger partial charge in [-0.25, -0.2) is 0 Å². The second-order valence-corrected chi connectivity index (χ2v) is 0.871. The number of hydrogen-bond acceptors (Lipinski definition) is 2. The predicted molar refractivity (Wildman–Crippen MR) is 26.0 cm³/mol. The summed E-state index contributed by atoms with van der Waals surface area (Å²) in [6, 6.07) is 0. The molecule has 0 amide bonds. The monoisotopic (exact) mass is 107 g/mol. The molecule has 0 aromatic carbocycles. The molecule has 6 heavy (non-hydrogen) atoms. The molecule has 0 rings (SSSR count). The summed E-state index contributed by atoms with van der Waals surface area (Å²) in [5, 5.41) is 0. The van der Waals surface area contributed by atoms with Crippen LogP contribution < -0.4 is 0 Å².